The Morgan fingerprint density at radius 1 is 1.50 bits per heavy atom. The van der Waals surface area contributed by atoms with Crippen LogP contribution in [-0.4, -0.2) is 18.5 Å². The third-order valence-electron chi connectivity index (χ3n) is 1.97. The molecule has 1 radical (unpaired) electrons. The first-order valence-electron chi connectivity index (χ1n) is 5.23. The normalized spacial score (nSPS) is 9.56. The fraction of sp³-hybridized carbons (Fsp3) is 0.333. The van der Waals surface area contributed by atoms with E-state index in [0.29, 0.717) is 12.2 Å². The fourth-order valence-electron chi connectivity index (χ4n) is 1.07. The van der Waals surface area contributed by atoms with Crippen molar-refractivity contribution in [3.63, 3.8) is 0 Å². The van der Waals surface area contributed by atoms with Crippen molar-refractivity contribution in [2.45, 2.75) is 19.8 Å². The monoisotopic (exact) mass is 219 g/mol. The van der Waals surface area contributed by atoms with Crippen molar-refractivity contribution in [3.05, 3.63) is 35.9 Å². The van der Waals surface area contributed by atoms with Gasteiger partial charge in [-0.05, 0) is 12.5 Å². The minimum Gasteiger partial charge on any atom is -0.449 e. The summed E-state index contributed by atoms with van der Waals surface area (Å²) in [6.07, 6.45) is 1.23. The molecule has 0 saturated carbocycles. The first kappa shape index (κ1) is 12.2. The van der Waals surface area contributed by atoms with Crippen LogP contribution in [0.4, 0.5) is 4.79 Å². The molecule has 4 heteroatoms. The minimum absolute atomic E-state index is 0.0375. The highest BCUT2D eigenvalue weighted by atomic mass is 16.5. The molecule has 0 saturated heterocycles. The lowest BCUT2D eigenvalue weighted by molar-refractivity contribution is 0.150. The number of hydrogen-bond acceptors (Lipinski definition) is 3. The number of unbranched alkanes of at least 4 members (excludes halogenated alkanes) is 1. The van der Waals surface area contributed by atoms with Gasteiger partial charge in [-0.3, -0.25) is 10.7 Å². The van der Waals surface area contributed by atoms with Gasteiger partial charge >= 0.3 is 6.09 Å². The minimum atomic E-state index is -0.578. The second-order valence-corrected chi connectivity index (χ2v) is 3.28. The largest absolute Gasteiger partial charge is 0.449 e. The van der Waals surface area contributed by atoms with Gasteiger partial charge in [0.25, 0.3) is 0 Å². The van der Waals surface area contributed by atoms with E-state index in [1.165, 1.54) is 0 Å². The van der Waals surface area contributed by atoms with Crippen LogP contribution < -0.4 is 5.32 Å². The number of amides is 1. The van der Waals surface area contributed by atoms with Crippen LogP contribution in [0, 0.1) is 11.5 Å². The smallest absolute Gasteiger partial charge is 0.412 e. The van der Waals surface area contributed by atoms with E-state index in [9.17, 15) is 4.79 Å². The predicted octanol–water partition coefficient (Wildman–Crippen LogP) is 2.34. The van der Waals surface area contributed by atoms with Crippen LogP contribution in [-0.2, 0) is 4.74 Å². The Hall–Kier alpha value is -1.84. The second-order valence-electron chi connectivity index (χ2n) is 3.28. The number of rotatable bonds is 4. The van der Waals surface area contributed by atoms with E-state index >= 15 is 0 Å². The highest BCUT2D eigenvalue weighted by Crippen LogP contribution is 1.97. The Morgan fingerprint density at radius 2 is 2.19 bits per heavy atom. The summed E-state index contributed by atoms with van der Waals surface area (Å²) < 4.78 is 4.88. The van der Waals surface area contributed by atoms with Gasteiger partial charge < -0.3 is 4.74 Å². The number of nitrogens with one attached hydrogen (secondary N) is 2. The molecule has 0 aliphatic heterocycles. The van der Waals surface area contributed by atoms with E-state index in [4.69, 9.17) is 10.1 Å². The van der Waals surface area contributed by atoms with Crippen molar-refractivity contribution in [2.24, 2.45) is 0 Å². The summed E-state index contributed by atoms with van der Waals surface area (Å²) in [4.78, 5) is 11.2. The van der Waals surface area contributed by atoms with Gasteiger partial charge in [0.1, 0.15) is 5.84 Å². The van der Waals surface area contributed by atoms with Crippen LogP contribution in [0.25, 0.3) is 0 Å². The lowest BCUT2D eigenvalue weighted by atomic mass is 10.2. The van der Waals surface area contributed by atoms with Gasteiger partial charge in [-0.1, -0.05) is 37.6 Å². The molecule has 1 aromatic rings. The van der Waals surface area contributed by atoms with E-state index in [1.807, 2.05) is 6.92 Å². The first-order chi connectivity index (χ1) is 7.74. The molecule has 2 N–H and O–H groups in total. The van der Waals surface area contributed by atoms with Crippen LogP contribution in [0.1, 0.15) is 25.3 Å². The average Bonchev–Trinajstić information content (AvgIpc) is 2.30. The van der Waals surface area contributed by atoms with Crippen LogP contribution in [0.3, 0.4) is 0 Å². The number of benzene rings is 1. The molecular formula is C12H15N2O2. The number of hydrogen-bond donors (Lipinski definition) is 2. The fourth-order valence-corrected chi connectivity index (χ4v) is 1.07. The van der Waals surface area contributed by atoms with E-state index in [2.05, 4.69) is 11.4 Å². The van der Waals surface area contributed by atoms with E-state index in [-0.39, 0.29) is 5.84 Å². The van der Waals surface area contributed by atoms with Gasteiger partial charge in [-0.2, -0.15) is 0 Å². The standard InChI is InChI=1S/C12H15N2O2/c1-2-3-9-16-12(15)14-11(13)10-7-5-4-6-8-10/h5-8H,2-3,9H2,1H3,(H2,13,14,15). The topological polar surface area (TPSA) is 62.2 Å². The molecule has 16 heavy (non-hydrogen) atoms. The lowest BCUT2D eigenvalue weighted by Gasteiger charge is -2.07. The molecule has 0 aromatic heterocycles. The molecule has 85 valence electrons. The summed E-state index contributed by atoms with van der Waals surface area (Å²) >= 11 is 0. The molecule has 0 aliphatic rings. The first-order valence-corrected chi connectivity index (χ1v) is 5.23. The molecule has 4 nitrogen and oxygen atoms in total. The van der Waals surface area contributed by atoms with Gasteiger partial charge in [0.05, 0.1) is 6.61 Å². The number of carbonyl (C=O) groups excluding carboxylic acids is 1. The zero-order valence-corrected chi connectivity index (χ0v) is 9.25. The molecule has 1 rings (SSSR count). The van der Waals surface area contributed by atoms with Crippen molar-refractivity contribution in [2.75, 3.05) is 6.61 Å². The molecule has 0 bridgehead atoms. The highest BCUT2D eigenvalue weighted by Gasteiger charge is 2.06. The maximum atomic E-state index is 11.2. The molecule has 0 unspecified atom stereocenters. The second kappa shape index (κ2) is 6.61. The van der Waals surface area contributed by atoms with Gasteiger partial charge in [-0.15, -0.1) is 0 Å². The van der Waals surface area contributed by atoms with Crippen molar-refractivity contribution in [1.29, 1.82) is 5.41 Å². The number of amidine groups is 1. The summed E-state index contributed by atoms with van der Waals surface area (Å²) in [6, 6.07) is 9.63. The molecule has 1 aromatic carbocycles. The third-order valence-corrected chi connectivity index (χ3v) is 1.97. The predicted molar refractivity (Wildman–Crippen MR) is 61.5 cm³/mol. The molecule has 0 atom stereocenters. The molecule has 0 heterocycles. The van der Waals surface area contributed by atoms with Crippen LogP contribution >= 0.6 is 0 Å². The Labute approximate surface area is 95.1 Å². The average molecular weight is 219 g/mol. The van der Waals surface area contributed by atoms with Gasteiger partial charge in [-0.25, -0.2) is 4.79 Å². The number of carbonyl (C=O) groups is 1. The quantitative estimate of drug-likeness (QED) is 0.464. The zero-order valence-electron chi connectivity index (χ0n) is 9.25. The van der Waals surface area contributed by atoms with Gasteiger partial charge in [0.15, 0.2) is 0 Å². The lowest BCUT2D eigenvalue weighted by Crippen LogP contribution is -2.31. The number of alkyl carbamates (subject to hydrolysis) is 1. The van der Waals surface area contributed by atoms with Crippen molar-refractivity contribution < 1.29 is 9.53 Å². The van der Waals surface area contributed by atoms with Crippen molar-refractivity contribution in [3.8, 4) is 0 Å². The summed E-state index contributed by atoms with van der Waals surface area (Å²) in [6.45, 7) is 2.40. The summed E-state index contributed by atoms with van der Waals surface area (Å²) in [7, 11) is 0. The summed E-state index contributed by atoms with van der Waals surface area (Å²) in [5.74, 6) is 0.0375. The maximum Gasteiger partial charge on any atom is 0.412 e. The Bertz CT molecular complexity index is 349. The Morgan fingerprint density at radius 3 is 2.81 bits per heavy atom. The Kier molecular flexibility index (Phi) is 5.05. The van der Waals surface area contributed by atoms with Crippen LogP contribution in [0.5, 0.6) is 0 Å². The van der Waals surface area contributed by atoms with Gasteiger partial charge in [0.2, 0.25) is 0 Å². The Balaban J connectivity index is 2.37. The third kappa shape index (κ3) is 4.13. The van der Waals surface area contributed by atoms with Crippen LogP contribution in [0.2, 0.25) is 0 Å². The summed E-state index contributed by atoms with van der Waals surface area (Å²) in [5, 5.41) is 9.98. The zero-order chi connectivity index (χ0) is 11.8. The van der Waals surface area contributed by atoms with E-state index < -0.39 is 6.09 Å². The SMILES string of the molecule is CCCCOC(=O)NC(=N)c1cc[c]cc1. The van der Waals surface area contributed by atoms with Gasteiger partial charge in [0, 0.05) is 5.56 Å². The molecular weight excluding hydrogens is 204 g/mol. The maximum absolute atomic E-state index is 11.2. The molecule has 0 spiro atoms. The van der Waals surface area contributed by atoms with Crippen molar-refractivity contribution >= 4 is 11.9 Å². The molecule has 1 amide bonds. The van der Waals surface area contributed by atoms with E-state index in [1.54, 1.807) is 24.3 Å². The summed E-state index contributed by atoms with van der Waals surface area (Å²) in [5.41, 5.74) is 0.631. The molecule has 0 aliphatic carbocycles. The highest BCUT2D eigenvalue weighted by molar-refractivity contribution is 6.04. The van der Waals surface area contributed by atoms with Crippen molar-refractivity contribution in [1.82, 2.24) is 5.32 Å². The number of ether oxygens (including phenoxy) is 1. The van der Waals surface area contributed by atoms with Crippen LogP contribution in [0.15, 0.2) is 24.3 Å². The van der Waals surface area contributed by atoms with E-state index in [0.717, 1.165) is 12.8 Å². The molecule has 0 fully saturated rings.